The molecule has 2 aromatic rings. The van der Waals surface area contributed by atoms with E-state index in [1.807, 2.05) is 0 Å². The quantitative estimate of drug-likeness (QED) is 0.829. The zero-order valence-electron chi connectivity index (χ0n) is 8.28. The second-order valence-corrected chi connectivity index (χ2v) is 5.31. The van der Waals surface area contributed by atoms with E-state index in [4.69, 9.17) is 5.73 Å². The minimum Gasteiger partial charge on any atom is -0.319 e. The molecule has 1 nitrogen and oxygen atoms in total. The SMILES string of the molecule is Cc1ccsc1C(N)c1sccc1C. The van der Waals surface area contributed by atoms with Gasteiger partial charge in [-0.25, -0.2) is 0 Å². The summed E-state index contributed by atoms with van der Waals surface area (Å²) in [4.78, 5) is 2.58. The molecule has 0 aliphatic rings. The lowest BCUT2D eigenvalue weighted by Gasteiger charge is -2.10. The Bertz CT molecular complexity index is 388. The summed E-state index contributed by atoms with van der Waals surface area (Å²) in [6, 6.07) is 4.32. The van der Waals surface area contributed by atoms with Crippen molar-refractivity contribution >= 4 is 22.7 Å². The van der Waals surface area contributed by atoms with Gasteiger partial charge in [0.1, 0.15) is 0 Å². The average molecular weight is 223 g/mol. The molecule has 0 aliphatic heterocycles. The van der Waals surface area contributed by atoms with E-state index in [-0.39, 0.29) is 6.04 Å². The highest BCUT2D eigenvalue weighted by molar-refractivity contribution is 7.11. The smallest absolute Gasteiger partial charge is 0.0745 e. The maximum absolute atomic E-state index is 6.23. The van der Waals surface area contributed by atoms with Gasteiger partial charge in [-0.1, -0.05) is 0 Å². The fourth-order valence-corrected chi connectivity index (χ4v) is 3.47. The largest absolute Gasteiger partial charge is 0.319 e. The van der Waals surface area contributed by atoms with Crippen molar-refractivity contribution in [2.24, 2.45) is 5.73 Å². The molecule has 0 aliphatic carbocycles. The van der Waals surface area contributed by atoms with Crippen LogP contribution in [0.2, 0.25) is 0 Å². The standard InChI is InChI=1S/C11H13NS2/c1-7-3-5-13-10(7)9(12)11-8(2)4-6-14-11/h3-6,9H,12H2,1-2H3. The van der Waals surface area contributed by atoms with Gasteiger partial charge in [-0.3, -0.25) is 0 Å². The zero-order valence-corrected chi connectivity index (χ0v) is 9.91. The highest BCUT2D eigenvalue weighted by Gasteiger charge is 2.15. The predicted octanol–water partition coefficient (Wildman–Crippen LogP) is 3.47. The molecule has 0 amide bonds. The van der Waals surface area contributed by atoms with Gasteiger partial charge in [0.15, 0.2) is 0 Å². The predicted molar refractivity (Wildman–Crippen MR) is 64.1 cm³/mol. The summed E-state index contributed by atoms with van der Waals surface area (Å²) in [5, 5.41) is 4.21. The van der Waals surface area contributed by atoms with Crippen molar-refractivity contribution in [3.63, 3.8) is 0 Å². The topological polar surface area (TPSA) is 26.0 Å². The maximum Gasteiger partial charge on any atom is 0.0745 e. The Hall–Kier alpha value is -0.640. The second-order valence-electron chi connectivity index (χ2n) is 3.41. The van der Waals surface area contributed by atoms with E-state index in [9.17, 15) is 0 Å². The third-order valence-electron chi connectivity index (χ3n) is 2.37. The van der Waals surface area contributed by atoms with Gasteiger partial charge in [0, 0.05) is 9.75 Å². The molecule has 0 unspecified atom stereocenters. The molecule has 0 aromatic carbocycles. The van der Waals surface area contributed by atoms with E-state index >= 15 is 0 Å². The van der Waals surface area contributed by atoms with Crippen molar-refractivity contribution in [3.8, 4) is 0 Å². The molecule has 0 spiro atoms. The number of aryl methyl sites for hydroxylation is 2. The van der Waals surface area contributed by atoms with Crippen LogP contribution in [0.5, 0.6) is 0 Å². The molecular formula is C11H13NS2. The second kappa shape index (κ2) is 3.85. The molecule has 0 radical (unpaired) electrons. The summed E-state index contributed by atoms with van der Waals surface area (Å²) in [6.45, 7) is 4.24. The lowest BCUT2D eigenvalue weighted by Crippen LogP contribution is -2.10. The molecule has 0 saturated heterocycles. The van der Waals surface area contributed by atoms with Gasteiger partial charge < -0.3 is 5.73 Å². The summed E-state index contributed by atoms with van der Waals surface area (Å²) in [7, 11) is 0. The van der Waals surface area contributed by atoms with Crippen molar-refractivity contribution in [2.75, 3.05) is 0 Å². The third kappa shape index (κ3) is 1.63. The first-order valence-electron chi connectivity index (χ1n) is 4.53. The van der Waals surface area contributed by atoms with Crippen molar-refractivity contribution in [1.82, 2.24) is 0 Å². The van der Waals surface area contributed by atoms with Crippen molar-refractivity contribution in [1.29, 1.82) is 0 Å². The summed E-state index contributed by atoms with van der Waals surface area (Å²) >= 11 is 3.49. The van der Waals surface area contributed by atoms with E-state index in [0.29, 0.717) is 0 Å². The molecule has 0 fully saturated rings. The maximum atomic E-state index is 6.23. The minimum atomic E-state index is 0.0648. The van der Waals surface area contributed by atoms with Crippen LogP contribution in [0.3, 0.4) is 0 Å². The molecule has 0 bridgehead atoms. The number of nitrogens with two attached hydrogens (primary N) is 1. The van der Waals surface area contributed by atoms with Gasteiger partial charge in [-0.05, 0) is 47.9 Å². The van der Waals surface area contributed by atoms with Gasteiger partial charge in [-0.2, -0.15) is 0 Å². The Morgan fingerprint density at radius 2 is 1.43 bits per heavy atom. The van der Waals surface area contributed by atoms with Crippen LogP contribution in [0.15, 0.2) is 22.9 Å². The minimum absolute atomic E-state index is 0.0648. The number of thiophene rings is 2. The zero-order chi connectivity index (χ0) is 10.1. The molecule has 2 N–H and O–H groups in total. The van der Waals surface area contributed by atoms with E-state index < -0.39 is 0 Å². The van der Waals surface area contributed by atoms with Crippen molar-refractivity contribution in [2.45, 2.75) is 19.9 Å². The molecule has 2 rings (SSSR count). The summed E-state index contributed by atoms with van der Waals surface area (Å²) in [5.74, 6) is 0. The van der Waals surface area contributed by atoms with Gasteiger partial charge in [0.25, 0.3) is 0 Å². The van der Waals surface area contributed by atoms with E-state index in [1.165, 1.54) is 20.9 Å². The molecule has 0 atom stereocenters. The van der Waals surface area contributed by atoms with Crippen LogP contribution in [-0.4, -0.2) is 0 Å². The van der Waals surface area contributed by atoms with E-state index in [0.717, 1.165) is 0 Å². The highest BCUT2D eigenvalue weighted by atomic mass is 32.1. The molecule has 74 valence electrons. The molecule has 14 heavy (non-hydrogen) atoms. The third-order valence-corrected chi connectivity index (χ3v) is 4.57. The molecule has 2 aromatic heterocycles. The van der Waals surface area contributed by atoms with Crippen LogP contribution >= 0.6 is 22.7 Å². The summed E-state index contributed by atoms with van der Waals surface area (Å²) < 4.78 is 0. The Kier molecular flexibility index (Phi) is 2.72. The number of rotatable bonds is 2. The van der Waals surface area contributed by atoms with Crippen LogP contribution in [0.25, 0.3) is 0 Å². The Morgan fingerprint density at radius 1 is 1.00 bits per heavy atom. The lowest BCUT2D eigenvalue weighted by molar-refractivity contribution is 0.899. The van der Waals surface area contributed by atoms with Crippen LogP contribution in [0.4, 0.5) is 0 Å². The first-order valence-corrected chi connectivity index (χ1v) is 6.29. The molecule has 3 heteroatoms. The average Bonchev–Trinajstić information content (AvgIpc) is 2.73. The Morgan fingerprint density at radius 3 is 1.71 bits per heavy atom. The normalized spacial score (nSPS) is 11.1. The van der Waals surface area contributed by atoms with Crippen molar-refractivity contribution in [3.05, 3.63) is 43.8 Å². The van der Waals surface area contributed by atoms with E-state index in [1.54, 1.807) is 22.7 Å². The van der Waals surface area contributed by atoms with Crippen LogP contribution in [-0.2, 0) is 0 Å². The first-order chi connectivity index (χ1) is 6.70. The lowest BCUT2D eigenvalue weighted by atomic mass is 10.1. The van der Waals surface area contributed by atoms with Gasteiger partial charge in [0.2, 0.25) is 0 Å². The fraction of sp³-hybridized carbons (Fsp3) is 0.273. The number of hydrogen-bond donors (Lipinski definition) is 1. The molecule has 2 heterocycles. The van der Waals surface area contributed by atoms with Crippen LogP contribution in [0, 0.1) is 13.8 Å². The molecular weight excluding hydrogens is 210 g/mol. The van der Waals surface area contributed by atoms with Crippen LogP contribution < -0.4 is 5.73 Å². The van der Waals surface area contributed by atoms with Gasteiger partial charge >= 0.3 is 0 Å². The summed E-state index contributed by atoms with van der Waals surface area (Å²) in [6.07, 6.45) is 0. The van der Waals surface area contributed by atoms with Crippen LogP contribution in [0.1, 0.15) is 26.9 Å². The Labute approximate surface area is 92.2 Å². The monoisotopic (exact) mass is 223 g/mol. The highest BCUT2D eigenvalue weighted by Crippen LogP contribution is 2.31. The Balaban J connectivity index is 2.38. The van der Waals surface area contributed by atoms with Gasteiger partial charge in [0.05, 0.1) is 6.04 Å². The fourth-order valence-electron chi connectivity index (χ4n) is 1.53. The van der Waals surface area contributed by atoms with E-state index in [2.05, 4.69) is 36.7 Å². The number of hydrogen-bond acceptors (Lipinski definition) is 3. The van der Waals surface area contributed by atoms with Crippen molar-refractivity contribution < 1.29 is 0 Å². The van der Waals surface area contributed by atoms with Gasteiger partial charge in [-0.15, -0.1) is 22.7 Å². The first kappa shape index (κ1) is 9.90. The summed E-state index contributed by atoms with van der Waals surface area (Å²) in [5.41, 5.74) is 8.83. The molecule has 0 saturated carbocycles.